The van der Waals surface area contributed by atoms with E-state index in [2.05, 4.69) is 6.92 Å². The molecular formula is C10H18O2S. The van der Waals surface area contributed by atoms with Gasteiger partial charge in [0.05, 0.1) is 5.75 Å². The average Bonchev–Trinajstić information content (AvgIpc) is 2.51. The summed E-state index contributed by atoms with van der Waals surface area (Å²) in [6.07, 6.45) is 7.46. The molecule has 0 aromatic carbocycles. The Labute approximate surface area is 84.4 Å². The maximum absolute atomic E-state index is 10.7. The molecule has 0 saturated carbocycles. The first-order valence-corrected chi connectivity index (χ1v) is 6.19. The minimum atomic E-state index is -0.0384. The molecule has 0 spiro atoms. The van der Waals surface area contributed by atoms with E-state index >= 15 is 0 Å². The number of rotatable bonds is 6. The van der Waals surface area contributed by atoms with Crippen molar-refractivity contribution < 1.29 is 9.53 Å². The van der Waals surface area contributed by atoms with Crippen molar-refractivity contribution in [3.8, 4) is 0 Å². The highest BCUT2D eigenvalue weighted by atomic mass is 32.2. The predicted molar refractivity (Wildman–Crippen MR) is 55.7 cm³/mol. The zero-order chi connectivity index (χ0) is 9.52. The van der Waals surface area contributed by atoms with Crippen molar-refractivity contribution in [2.24, 2.45) is 0 Å². The second-order valence-corrected chi connectivity index (χ2v) is 4.58. The third-order valence-corrected chi connectivity index (χ3v) is 3.30. The topological polar surface area (TPSA) is 26.3 Å². The summed E-state index contributed by atoms with van der Waals surface area (Å²) < 4.78 is 5.09. The molecule has 0 amide bonds. The third kappa shape index (κ3) is 4.55. The molecule has 13 heavy (non-hydrogen) atoms. The van der Waals surface area contributed by atoms with Crippen LogP contribution in [0.2, 0.25) is 0 Å². The van der Waals surface area contributed by atoms with E-state index in [4.69, 9.17) is 4.74 Å². The molecule has 0 aromatic heterocycles. The zero-order valence-electron chi connectivity index (χ0n) is 8.25. The molecule has 76 valence electrons. The van der Waals surface area contributed by atoms with Gasteiger partial charge in [0, 0.05) is 0 Å². The number of cyclic esters (lactones) is 1. The van der Waals surface area contributed by atoms with Gasteiger partial charge in [-0.3, -0.25) is 4.79 Å². The summed E-state index contributed by atoms with van der Waals surface area (Å²) in [5.41, 5.74) is 0.161. The Balaban J connectivity index is 1.91. The quantitative estimate of drug-likeness (QED) is 0.489. The minimum absolute atomic E-state index is 0.0384. The van der Waals surface area contributed by atoms with Crippen LogP contribution in [0, 0.1) is 0 Å². The molecule has 1 aliphatic heterocycles. The van der Waals surface area contributed by atoms with E-state index in [0.29, 0.717) is 5.75 Å². The fourth-order valence-corrected chi connectivity index (χ4v) is 2.33. The third-order valence-electron chi connectivity index (χ3n) is 2.19. The van der Waals surface area contributed by atoms with Gasteiger partial charge in [-0.25, -0.2) is 0 Å². The second-order valence-electron chi connectivity index (χ2n) is 3.43. The fourth-order valence-electron chi connectivity index (χ4n) is 1.43. The van der Waals surface area contributed by atoms with Crippen molar-refractivity contribution >= 4 is 17.7 Å². The molecule has 0 radical (unpaired) electrons. The number of unbranched alkanes of at least 4 members (excludes halogenated alkanes) is 4. The number of esters is 1. The van der Waals surface area contributed by atoms with Crippen LogP contribution in [0.3, 0.4) is 0 Å². The number of hydrogen-bond acceptors (Lipinski definition) is 3. The molecule has 0 bridgehead atoms. The highest BCUT2D eigenvalue weighted by Gasteiger charge is 2.22. The minimum Gasteiger partial charge on any atom is -0.451 e. The molecule has 2 nitrogen and oxygen atoms in total. The van der Waals surface area contributed by atoms with Crippen molar-refractivity contribution in [2.45, 2.75) is 50.9 Å². The lowest BCUT2D eigenvalue weighted by molar-refractivity contribution is -0.140. The van der Waals surface area contributed by atoms with Crippen LogP contribution in [-0.4, -0.2) is 17.2 Å². The molecule has 0 N–H and O–H groups in total. The summed E-state index contributed by atoms with van der Waals surface area (Å²) >= 11 is 1.64. The Kier molecular flexibility index (Phi) is 5.28. The van der Waals surface area contributed by atoms with Gasteiger partial charge in [-0.15, -0.1) is 11.8 Å². The van der Waals surface area contributed by atoms with Crippen LogP contribution in [0.1, 0.15) is 45.4 Å². The summed E-state index contributed by atoms with van der Waals surface area (Å²) in [7, 11) is 0. The first kappa shape index (κ1) is 10.9. The van der Waals surface area contributed by atoms with Crippen LogP contribution >= 0.6 is 11.8 Å². The molecule has 1 rings (SSSR count). The van der Waals surface area contributed by atoms with Crippen LogP contribution < -0.4 is 0 Å². The molecule has 1 saturated heterocycles. The first-order chi connectivity index (χ1) is 6.33. The summed E-state index contributed by atoms with van der Waals surface area (Å²) in [5.74, 6) is 0.517. The van der Waals surface area contributed by atoms with E-state index < -0.39 is 0 Å². The van der Waals surface area contributed by atoms with Crippen LogP contribution in [0.5, 0.6) is 0 Å². The Hall–Kier alpha value is -0.180. The Bertz CT molecular complexity index is 159. The van der Waals surface area contributed by atoms with Crippen LogP contribution in [0.25, 0.3) is 0 Å². The SMILES string of the molecule is CCCCCCCC1OC(=O)CS1. The predicted octanol–water partition coefficient (Wildman–Crippen LogP) is 2.96. The van der Waals surface area contributed by atoms with E-state index in [0.717, 1.165) is 6.42 Å². The van der Waals surface area contributed by atoms with E-state index in [-0.39, 0.29) is 11.4 Å². The molecule has 3 heteroatoms. The lowest BCUT2D eigenvalue weighted by Crippen LogP contribution is -2.04. The second kappa shape index (κ2) is 6.30. The van der Waals surface area contributed by atoms with Crippen molar-refractivity contribution in [3.05, 3.63) is 0 Å². The van der Waals surface area contributed by atoms with Gasteiger partial charge in [-0.05, 0) is 12.8 Å². The maximum Gasteiger partial charge on any atom is 0.317 e. The van der Waals surface area contributed by atoms with Gasteiger partial charge in [-0.2, -0.15) is 0 Å². The van der Waals surface area contributed by atoms with E-state index in [1.54, 1.807) is 11.8 Å². The molecule has 0 aromatic rings. The number of hydrogen-bond donors (Lipinski definition) is 0. The van der Waals surface area contributed by atoms with Crippen LogP contribution in [0.15, 0.2) is 0 Å². The molecule has 1 fully saturated rings. The van der Waals surface area contributed by atoms with Gasteiger partial charge in [0.25, 0.3) is 0 Å². The fraction of sp³-hybridized carbons (Fsp3) is 0.900. The zero-order valence-corrected chi connectivity index (χ0v) is 9.07. The Morgan fingerprint density at radius 1 is 1.38 bits per heavy atom. The highest BCUT2D eigenvalue weighted by molar-refractivity contribution is 8.00. The molecule has 1 unspecified atom stereocenters. The summed E-state index contributed by atoms with van der Waals surface area (Å²) in [6.45, 7) is 2.22. The van der Waals surface area contributed by atoms with E-state index in [1.807, 2.05) is 0 Å². The molecule has 0 aliphatic carbocycles. The number of ether oxygens (including phenoxy) is 1. The van der Waals surface area contributed by atoms with Gasteiger partial charge < -0.3 is 4.74 Å². The number of thioether (sulfide) groups is 1. The van der Waals surface area contributed by atoms with Gasteiger partial charge in [0.1, 0.15) is 5.44 Å². The van der Waals surface area contributed by atoms with Gasteiger partial charge in [0.2, 0.25) is 0 Å². The van der Waals surface area contributed by atoms with Gasteiger partial charge in [0.15, 0.2) is 0 Å². The van der Waals surface area contributed by atoms with Crippen molar-refractivity contribution in [2.75, 3.05) is 5.75 Å². The Morgan fingerprint density at radius 2 is 2.15 bits per heavy atom. The van der Waals surface area contributed by atoms with Crippen molar-refractivity contribution in [1.29, 1.82) is 0 Å². The van der Waals surface area contributed by atoms with E-state index in [1.165, 1.54) is 32.1 Å². The first-order valence-electron chi connectivity index (χ1n) is 5.14. The van der Waals surface area contributed by atoms with Gasteiger partial charge >= 0.3 is 5.97 Å². The highest BCUT2D eigenvalue weighted by Crippen LogP contribution is 2.25. The lowest BCUT2D eigenvalue weighted by atomic mass is 10.1. The van der Waals surface area contributed by atoms with E-state index in [9.17, 15) is 4.79 Å². The van der Waals surface area contributed by atoms with Crippen molar-refractivity contribution in [3.63, 3.8) is 0 Å². The Morgan fingerprint density at radius 3 is 2.77 bits per heavy atom. The van der Waals surface area contributed by atoms with Crippen LogP contribution in [0.4, 0.5) is 0 Å². The molecular weight excluding hydrogens is 184 g/mol. The smallest absolute Gasteiger partial charge is 0.317 e. The summed E-state index contributed by atoms with van der Waals surface area (Å²) in [4.78, 5) is 10.7. The monoisotopic (exact) mass is 202 g/mol. The number of carbonyl (C=O) groups is 1. The summed E-state index contributed by atoms with van der Waals surface area (Å²) in [6, 6.07) is 0. The molecule has 1 heterocycles. The maximum atomic E-state index is 10.7. The molecule has 1 aliphatic rings. The van der Waals surface area contributed by atoms with Crippen LogP contribution in [-0.2, 0) is 9.53 Å². The largest absolute Gasteiger partial charge is 0.451 e. The molecule has 1 atom stereocenters. The van der Waals surface area contributed by atoms with Crippen molar-refractivity contribution in [1.82, 2.24) is 0 Å². The number of carbonyl (C=O) groups excluding carboxylic acids is 1. The lowest BCUT2D eigenvalue weighted by Gasteiger charge is -2.06. The average molecular weight is 202 g/mol. The van der Waals surface area contributed by atoms with Gasteiger partial charge in [-0.1, -0.05) is 32.6 Å². The standard InChI is InChI=1S/C10H18O2S/c1-2-3-4-5-6-7-10-12-9(11)8-13-10/h10H,2-8H2,1H3. The normalized spacial score (nSPS) is 21.9. The summed E-state index contributed by atoms with van der Waals surface area (Å²) in [5, 5.41) is 0.